The predicted octanol–water partition coefficient (Wildman–Crippen LogP) is -1.03. The minimum absolute atomic E-state index is 0.208. The molecule has 17 heavy (non-hydrogen) atoms. The van der Waals surface area contributed by atoms with Crippen LogP contribution in [-0.4, -0.2) is 46.8 Å². The molecule has 0 aliphatic carbocycles. The van der Waals surface area contributed by atoms with E-state index in [0.717, 1.165) is 4.90 Å². The number of imide groups is 1. The SMILES string of the molecule is CC(C)(CC(=O)N1CC(=O)NC(=O)C1)C(=O)O. The van der Waals surface area contributed by atoms with Crippen LogP contribution in [0.4, 0.5) is 0 Å². The van der Waals surface area contributed by atoms with Crippen molar-refractivity contribution >= 4 is 23.7 Å². The maximum absolute atomic E-state index is 11.7. The Morgan fingerprint density at radius 1 is 1.29 bits per heavy atom. The van der Waals surface area contributed by atoms with Crippen LogP contribution < -0.4 is 5.32 Å². The molecule has 0 aromatic rings. The molecule has 1 aliphatic rings. The van der Waals surface area contributed by atoms with Crippen molar-refractivity contribution in [2.75, 3.05) is 13.1 Å². The summed E-state index contributed by atoms with van der Waals surface area (Å²) in [4.78, 5) is 45.7. The molecule has 1 fully saturated rings. The average molecular weight is 242 g/mol. The molecule has 7 nitrogen and oxygen atoms in total. The topological polar surface area (TPSA) is 104 Å². The zero-order valence-corrected chi connectivity index (χ0v) is 9.65. The molecule has 0 atom stereocenters. The first-order valence-electron chi connectivity index (χ1n) is 5.06. The molecule has 94 valence electrons. The van der Waals surface area contributed by atoms with Gasteiger partial charge in [0.2, 0.25) is 17.7 Å². The second-order valence-electron chi connectivity index (χ2n) is 4.59. The van der Waals surface area contributed by atoms with Gasteiger partial charge in [0.1, 0.15) is 13.1 Å². The third-order valence-corrected chi connectivity index (χ3v) is 2.47. The summed E-state index contributed by atoms with van der Waals surface area (Å²) in [5, 5.41) is 10.9. The summed E-state index contributed by atoms with van der Waals surface area (Å²) in [7, 11) is 0. The third-order valence-electron chi connectivity index (χ3n) is 2.47. The van der Waals surface area contributed by atoms with E-state index in [2.05, 4.69) is 5.32 Å². The van der Waals surface area contributed by atoms with Crippen molar-refractivity contribution < 1.29 is 24.3 Å². The molecule has 0 spiro atoms. The molecule has 3 amide bonds. The number of hydrogen-bond donors (Lipinski definition) is 2. The minimum atomic E-state index is -1.21. The number of hydrogen-bond acceptors (Lipinski definition) is 4. The number of aliphatic carboxylic acids is 1. The second kappa shape index (κ2) is 4.52. The van der Waals surface area contributed by atoms with Gasteiger partial charge in [0.05, 0.1) is 5.41 Å². The van der Waals surface area contributed by atoms with Crippen molar-refractivity contribution in [2.45, 2.75) is 20.3 Å². The van der Waals surface area contributed by atoms with Crippen LogP contribution in [0.15, 0.2) is 0 Å². The number of carbonyl (C=O) groups excluding carboxylic acids is 3. The lowest BCUT2D eigenvalue weighted by Crippen LogP contribution is -2.54. The monoisotopic (exact) mass is 242 g/mol. The molecule has 0 bridgehead atoms. The van der Waals surface area contributed by atoms with Gasteiger partial charge in [-0.1, -0.05) is 0 Å². The highest BCUT2D eigenvalue weighted by molar-refractivity contribution is 6.02. The van der Waals surface area contributed by atoms with Crippen LogP contribution in [0.2, 0.25) is 0 Å². The van der Waals surface area contributed by atoms with Crippen LogP contribution in [-0.2, 0) is 19.2 Å². The lowest BCUT2D eigenvalue weighted by molar-refractivity contribution is -0.153. The molecule has 0 radical (unpaired) electrons. The summed E-state index contributed by atoms with van der Waals surface area (Å²) in [6, 6.07) is 0. The Labute approximate surface area is 97.8 Å². The van der Waals surface area contributed by atoms with Gasteiger partial charge < -0.3 is 10.0 Å². The standard InChI is InChI=1S/C10H14N2O5/c1-10(2,9(16)17)3-8(15)12-4-6(13)11-7(14)5-12/h3-5H2,1-2H3,(H,16,17)(H,11,13,14). The van der Waals surface area contributed by atoms with Crippen LogP contribution >= 0.6 is 0 Å². The summed E-state index contributed by atoms with van der Waals surface area (Å²) >= 11 is 0. The van der Waals surface area contributed by atoms with Gasteiger partial charge in [-0.25, -0.2) is 0 Å². The molecular weight excluding hydrogens is 228 g/mol. The smallest absolute Gasteiger partial charge is 0.309 e. The summed E-state index contributed by atoms with van der Waals surface area (Å²) in [6.07, 6.45) is -0.247. The highest BCUT2D eigenvalue weighted by Gasteiger charge is 2.34. The first-order valence-corrected chi connectivity index (χ1v) is 5.06. The largest absolute Gasteiger partial charge is 0.481 e. The Kier molecular flexibility index (Phi) is 3.50. The molecule has 0 saturated carbocycles. The van der Waals surface area contributed by atoms with Crippen molar-refractivity contribution in [3.63, 3.8) is 0 Å². The van der Waals surface area contributed by atoms with Crippen molar-refractivity contribution in [3.8, 4) is 0 Å². The maximum Gasteiger partial charge on any atom is 0.309 e. The number of nitrogens with zero attached hydrogens (tertiary/aromatic N) is 1. The molecule has 0 unspecified atom stereocenters. The van der Waals surface area contributed by atoms with Gasteiger partial charge >= 0.3 is 5.97 Å². The van der Waals surface area contributed by atoms with Gasteiger partial charge in [0.25, 0.3) is 0 Å². The van der Waals surface area contributed by atoms with E-state index in [1.165, 1.54) is 13.8 Å². The molecule has 1 aliphatic heterocycles. The highest BCUT2D eigenvalue weighted by Crippen LogP contribution is 2.21. The van der Waals surface area contributed by atoms with Gasteiger partial charge in [0.15, 0.2) is 0 Å². The Balaban J connectivity index is 2.68. The second-order valence-corrected chi connectivity index (χ2v) is 4.59. The van der Waals surface area contributed by atoms with Gasteiger partial charge in [-0.05, 0) is 13.8 Å². The lowest BCUT2D eigenvalue weighted by atomic mass is 9.89. The van der Waals surface area contributed by atoms with Crippen LogP contribution in [0.1, 0.15) is 20.3 Å². The van der Waals surface area contributed by atoms with Gasteiger partial charge in [0, 0.05) is 6.42 Å². The van der Waals surface area contributed by atoms with E-state index in [1.807, 2.05) is 0 Å². The molecule has 1 rings (SSSR count). The van der Waals surface area contributed by atoms with Crippen LogP contribution in [0.5, 0.6) is 0 Å². The number of rotatable bonds is 3. The van der Waals surface area contributed by atoms with Gasteiger partial charge in [-0.2, -0.15) is 0 Å². The molecular formula is C10H14N2O5. The number of carboxylic acid groups (broad SMARTS) is 1. The number of amides is 3. The van der Waals surface area contributed by atoms with E-state index in [-0.39, 0.29) is 19.5 Å². The molecule has 1 heterocycles. The fraction of sp³-hybridized carbons (Fsp3) is 0.600. The van der Waals surface area contributed by atoms with Crippen molar-refractivity contribution in [1.29, 1.82) is 0 Å². The minimum Gasteiger partial charge on any atom is -0.481 e. The van der Waals surface area contributed by atoms with E-state index in [9.17, 15) is 19.2 Å². The Hall–Kier alpha value is -1.92. The molecule has 7 heteroatoms. The third kappa shape index (κ3) is 3.27. The van der Waals surface area contributed by atoms with Crippen LogP contribution in [0.25, 0.3) is 0 Å². The highest BCUT2D eigenvalue weighted by atomic mass is 16.4. The molecule has 2 N–H and O–H groups in total. The number of nitrogens with one attached hydrogen (secondary N) is 1. The summed E-state index contributed by atoms with van der Waals surface area (Å²) < 4.78 is 0. The van der Waals surface area contributed by atoms with E-state index in [0.29, 0.717) is 0 Å². The lowest BCUT2D eigenvalue weighted by Gasteiger charge is -2.28. The van der Waals surface area contributed by atoms with Crippen molar-refractivity contribution in [3.05, 3.63) is 0 Å². The Morgan fingerprint density at radius 3 is 2.18 bits per heavy atom. The molecule has 1 saturated heterocycles. The Bertz CT molecular complexity index is 372. The number of piperazine rings is 1. The summed E-state index contributed by atoms with van der Waals surface area (Å²) in [6.45, 7) is 2.42. The fourth-order valence-electron chi connectivity index (χ4n) is 1.38. The van der Waals surface area contributed by atoms with Crippen molar-refractivity contribution in [1.82, 2.24) is 10.2 Å². The first kappa shape index (κ1) is 13.1. The normalized spacial score (nSPS) is 16.7. The van der Waals surface area contributed by atoms with E-state index in [1.54, 1.807) is 0 Å². The van der Waals surface area contributed by atoms with Crippen LogP contribution in [0, 0.1) is 5.41 Å². The van der Waals surface area contributed by atoms with E-state index >= 15 is 0 Å². The van der Waals surface area contributed by atoms with Crippen LogP contribution in [0.3, 0.4) is 0 Å². The molecule has 0 aromatic heterocycles. The number of carboxylic acids is 1. The predicted molar refractivity (Wildman–Crippen MR) is 55.8 cm³/mol. The summed E-state index contributed by atoms with van der Waals surface area (Å²) in [5.74, 6) is -2.72. The summed E-state index contributed by atoms with van der Waals surface area (Å²) in [5.41, 5.74) is -1.21. The quantitative estimate of drug-likeness (QED) is 0.616. The Morgan fingerprint density at radius 2 is 1.76 bits per heavy atom. The maximum atomic E-state index is 11.7. The zero-order chi connectivity index (χ0) is 13.2. The van der Waals surface area contributed by atoms with Gasteiger partial charge in [-0.3, -0.25) is 24.5 Å². The average Bonchev–Trinajstić information content (AvgIpc) is 2.15. The first-order chi connectivity index (χ1) is 7.72. The van der Waals surface area contributed by atoms with Gasteiger partial charge in [-0.15, -0.1) is 0 Å². The fourth-order valence-corrected chi connectivity index (χ4v) is 1.38. The molecule has 0 aromatic carbocycles. The van der Waals surface area contributed by atoms with E-state index in [4.69, 9.17) is 5.11 Å². The van der Waals surface area contributed by atoms with Crippen molar-refractivity contribution in [2.24, 2.45) is 5.41 Å². The zero-order valence-electron chi connectivity index (χ0n) is 9.65. The van der Waals surface area contributed by atoms with E-state index < -0.39 is 29.1 Å². The number of carbonyl (C=O) groups is 4.